The largest absolute Gasteiger partial charge is 0.493 e. The number of fused-ring (bicyclic) bond motifs is 1. The predicted octanol–water partition coefficient (Wildman–Crippen LogP) is 3.64. The van der Waals surface area contributed by atoms with Gasteiger partial charge < -0.3 is 20.1 Å². The molecule has 0 unspecified atom stereocenters. The van der Waals surface area contributed by atoms with E-state index < -0.39 is 0 Å². The Hall–Kier alpha value is -2.69. The zero-order valence-electron chi connectivity index (χ0n) is 14.3. The molecule has 126 valence electrons. The third-order valence-corrected chi connectivity index (χ3v) is 3.97. The fourth-order valence-electron chi connectivity index (χ4n) is 2.82. The van der Waals surface area contributed by atoms with Crippen LogP contribution in [0.5, 0.6) is 11.5 Å². The van der Waals surface area contributed by atoms with Gasteiger partial charge in [0, 0.05) is 0 Å². The molecule has 0 radical (unpaired) electrons. The number of rotatable bonds is 4. The molecule has 24 heavy (non-hydrogen) atoms. The number of carbonyl (C=O) groups excluding carboxylic acids is 1. The van der Waals surface area contributed by atoms with Gasteiger partial charge in [-0.15, -0.1) is 0 Å². The van der Waals surface area contributed by atoms with Crippen LogP contribution in [0.1, 0.15) is 41.5 Å². The third-order valence-electron chi connectivity index (χ3n) is 3.97. The quantitative estimate of drug-likeness (QED) is 0.900. The summed E-state index contributed by atoms with van der Waals surface area (Å²) < 4.78 is 11.2. The molecule has 0 saturated heterocycles. The van der Waals surface area contributed by atoms with Gasteiger partial charge in [-0.1, -0.05) is 18.2 Å². The molecular weight excluding hydrogens is 304 g/mol. The van der Waals surface area contributed by atoms with Crippen LogP contribution >= 0.6 is 0 Å². The van der Waals surface area contributed by atoms with Crippen molar-refractivity contribution in [3.63, 3.8) is 0 Å². The van der Waals surface area contributed by atoms with Gasteiger partial charge in [-0.05, 0) is 50.1 Å². The van der Waals surface area contributed by atoms with Crippen molar-refractivity contribution in [3.05, 3.63) is 53.1 Å². The number of nitrogens with one attached hydrogen (secondary N) is 2. The Balaban J connectivity index is 1.93. The monoisotopic (exact) mass is 326 g/mol. The van der Waals surface area contributed by atoms with Crippen molar-refractivity contribution < 1.29 is 14.3 Å². The molecule has 0 spiro atoms. The minimum atomic E-state index is -0.312. The highest BCUT2D eigenvalue weighted by Crippen LogP contribution is 2.34. The number of carbonyl (C=O) groups is 1. The van der Waals surface area contributed by atoms with Crippen molar-refractivity contribution in [1.82, 2.24) is 5.32 Å². The first kappa shape index (κ1) is 16.2. The number of amides is 1. The number of ether oxygens (including phenoxy) is 2. The first-order valence-electron chi connectivity index (χ1n) is 8.01. The summed E-state index contributed by atoms with van der Waals surface area (Å²) in [6.07, 6.45) is -0.250. The van der Waals surface area contributed by atoms with E-state index in [2.05, 4.69) is 10.6 Å². The number of hydrogen-bond acceptors (Lipinski definition) is 4. The van der Waals surface area contributed by atoms with E-state index >= 15 is 0 Å². The minimum Gasteiger partial charge on any atom is -0.493 e. The highest BCUT2D eigenvalue weighted by atomic mass is 16.5. The molecule has 1 aliphatic rings. The topological polar surface area (TPSA) is 59.6 Å². The van der Waals surface area contributed by atoms with Crippen LogP contribution in [0.4, 0.5) is 5.69 Å². The van der Waals surface area contributed by atoms with E-state index in [1.165, 1.54) is 0 Å². The van der Waals surface area contributed by atoms with Crippen molar-refractivity contribution in [2.24, 2.45) is 0 Å². The van der Waals surface area contributed by atoms with Gasteiger partial charge in [0.15, 0.2) is 11.5 Å². The van der Waals surface area contributed by atoms with Gasteiger partial charge in [0.1, 0.15) is 6.17 Å². The molecule has 1 atom stereocenters. The lowest BCUT2D eigenvalue weighted by molar-refractivity contribution is 0.0935. The van der Waals surface area contributed by atoms with E-state index in [0.29, 0.717) is 17.1 Å². The highest BCUT2D eigenvalue weighted by Gasteiger charge is 2.26. The van der Waals surface area contributed by atoms with Crippen molar-refractivity contribution >= 4 is 11.6 Å². The fraction of sp³-hybridized carbons (Fsp3) is 0.316. The van der Waals surface area contributed by atoms with Gasteiger partial charge in [0.05, 0.1) is 24.5 Å². The van der Waals surface area contributed by atoms with Crippen molar-refractivity contribution in [1.29, 1.82) is 0 Å². The third kappa shape index (κ3) is 3.02. The van der Waals surface area contributed by atoms with Gasteiger partial charge >= 0.3 is 0 Å². The Kier molecular flexibility index (Phi) is 4.34. The number of anilines is 1. The second-order valence-electron chi connectivity index (χ2n) is 6.13. The zero-order chi connectivity index (χ0) is 17.3. The van der Waals surface area contributed by atoms with Crippen LogP contribution in [0, 0.1) is 6.92 Å². The first-order chi connectivity index (χ1) is 11.5. The highest BCUT2D eigenvalue weighted by molar-refractivity contribution is 6.02. The van der Waals surface area contributed by atoms with E-state index in [0.717, 1.165) is 16.8 Å². The first-order valence-corrected chi connectivity index (χ1v) is 8.01. The molecule has 0 fully saturated rings. The number of methoxy groups -OCH3 is 1. The minimum absolute atomic E-state index is 0.0618. The number of aryl methyl sites for hydroxylation is 1. The summed E-state index contributed by atoms with van der Waals surface area (Å²) in [5, 5.41) is 6.38. The van der Waals surface area contributed by atoms with Crippen molar-refractivity contribution in [2.45, 2.75) is 33.0 Å². The van der Waals surface area contributed by atoms with Crippen LogP contribution in [0.3, 0.4) is 0 Å². The predicted molar refractivity (Wildman–Crippen MR) is 93.8 cm³/mol. The standard InChI is InChI=1S/C19H22N2O3/c1-11(2)24-15-9-8-13(10-16(15)23-4)18-20-17-12(3)6-5-7-14(17)19(22)21-18/h5-11,18,20H,1-4H3,(H,21,22)/t18-/m0/s1. The Bertz CT molecular complexity index is 771. The lowest BCUT2D eigenvalue weighted by Crippen LogP contribution is -2.38. The molecular formula is C19H22N2O3. The summed E-state index contributed by atoms with van der Waals surface area (Å²) in [4.78, 5) is 12.4. The van der Waals surface area contributed by atoms with E-state index in [9.17, 15) is 4.79 Å². The average molecular weight is 326 g/mol. The molecule has 0 aromatic heterocycles. The fourth-order valence-corrected chi connectivity index (χ4v) is 2.82. The molecule has 5 nitrogen and oxygen atoms in total. The Morgan fingerprint density at radius 1 is 1.08 bits per heavy atom. The van der Waals surface area contributed by atoms with E-state index in [1.807, 2.05) is 57.2 Å². The number of benzene rings is 2. The Morgan fingerprint density at radius 3 is 2.58 bits per heavy atom. The van der Waals surface area contributed by atoms with Crippen LogP contribution in [-0.4, -0.2) is 19.1 Å². The van der Waals surface area contributed by atoms with Crippen molar-refractivity contribution in [3.8, 4) is 11.5 Å². The molecule has 2 aromatic rings. The molecule has 2 N–H and O–H groups in total. The second-order valence-corrected chi connectivity index (χ2v) is 6.13. The summed E-state index contributed by atoms with van der Waals surface area (Å²) >= 11 is 0. The maximum atomic E-state index is 12.4. The number of para-hydroxylation sites is 1. The number of hydrogen-bond donors (Lipinski definition) is 2. The van der Waals surface area contributed by atoms with Gasteiger partial charge in [0.2, 0.25) is 0 Å². The lowest BCUT2D eigenvalue weighted by atomic mass is 10.0. The van der Waals surface area contributed by atoms with Crippen LogP contribution in [0.15, 0.2) is 36.4 Å². The molecule has 1 heterocycles. The molecule has 1 amide bonds. The maximum Gasteiger partial charge on any atom is 0.255 e. The zero-order valence-corrected chi connectivity index (χ0v) is 14.3. The maximum absolute atomic E-state index is 12.4. The van der Waals surface area contributed by atoms with Crippen LogP contribution in [0.2, 0.25) is 0 Å². The van der Waals surface area contributed by atoms with E-state index in [-0.39, 0.29) is 18.2 Å². The van der Waals surface area contributed by atoms with Gasteiger partial charge in [-0.2, -0.15) is 0 Å². The second kappa shape index (κ2) is 6.43. The normalized spacial score (nSPS) is 16.2. The van der Waals surface area contributed by atoms with E-state index in [4.69, 9.17) is 9.47 Å². The van der Waals surface area contributed by atoms with Crippen LogP contribution in [-0.2, 0) is 0 Å². The molecule has 0 aliphatic carbocycles. The van der Waals surface area contributed by atoms with Gasteiger partial charge in [-0.25, -0.2) is 0 Å². The Morgan fingerprint density at radius 2 is 1.88 bits per heavy atom. The van der Waals surface area contributed by atoms with Crippen molar-refractivity contribution in [2.75, 3.05) is 12.4 Å². The smallest absolute Gasteiger partial charge is 0.255 e. The van der Waals surface area contributed by atoms with Crippen LogP contribution in [0.25, 0.3) is 0 Å². The summed E-state index contributed by atoms with van der Waals surface area (Å²) in [5.74, 6) is 1.25. The van der Waals surface area contributed by atoms with E-state index in [1.54, 1.807) is 7.11 Å². The molecule has 1 aliphatic heterocycles. The molecule has 0 bridgehead atoms. The SMILES string of the molecule is COc1cc([C@@H]2NC(=O)c3cccc(C)c3N2)ccc1OC(C)C. The van der Waals surface area contributed by atoms with Crippen LogP contribution < -0.4 is 20.1 Å². The molecule has 3 rings (SSSR count). The summed E-state index contributed by atoms with van der Waals surface area (Å²) in [6.45, 7) is 5.92. The molecule has 2 aromatic carbocycles. The summed E-state index contributed by atoms with van der Waals surface area (Å²) in [5.41, 5.74) is 3.48. The summed E-state index contributed by atoms with van der Waals surface area (Å²) in [7, 11) is 1.61. The average Bonchev–Trinajstić information content (AvgIpc) is 2.55. The molecule has 5 heteroatoms. The van der Waals surface area contributed by atoms with Gasteiger partial charge in [0.25, 0.3) is 5.91 Å². The molecule has 0 saturated carbocycles. The Labute approximate surface area is 142 Å². The van der Waals surface area contributed by atoms with Gasteiger partial charge in [-0.3, -0.25) is 4.79 Å². The summed E-state index contributed by atoms with van der Waals surface area (Å²) in [6, 6.07) is 11.4. The lowest BCUT2D eigenvalue weighted by Gasteiger charge is -2.29.